The van der Waals surface area contributed by atoms with Crippen molar-refractivity contribution in [2.75, 3.05) is 26.0 Å². The van der Waals surface area contributed by atoms with E-state index >= 15 is 0 Å². The summed E-state index contributed by atoms with van der Waals surface area (Å²) in [5.74, 6) is -0.492. The molecule has 0 unspecified atom stereocenters. The first kappa shape index (κ1) is 14.2. The predicted molar refractivity (Wildman–Crippen MR) is 69.7 cm³/mol. The van der Waals surface area contributed by atoms with Gasteiger partial charge in [-0.3, -0.25) is 4.79 Å². The maximum Gasteiger partial charge on any atom is 0.338 e. The Morgan fingerprint density at radius 3 is 2.67 bits per heavy atom. The molecular weight excluding hydrogens is 232 g/mol. The quantitative estimate of drug-likeness (QED) is 0.774. The minimum Gasteiger partial charge on any atom is -0.465 e. The minimum atomic E-state index is -0.404. The van der Waals surface area contributed by atoms with E-state index < -0.39 is 5.97 Å². The average molecular weight is 250 g/mol. The lowest BCUT2D eigenvalue weighted by atomic mass is 10.1. The number of hydrogen-bond acceptors (Lipinski definition) is 4. The van der Waals surface area contributed by atoms with Gasteiger partial charge in [0.05, 0.1) is 12.7 Å². The van der Waals surface area contributed by atoms with E-state index in [0.717, 1.165) is 0 Å². The van der Waals surface area contributed by atoms with Gasteiger partial charge in [-0.1, -0.05) is 6.07 Å². The molecule has 2 N–H and O–H groups in total. The Morgan fingerprint density at radius 1 is 1.33 bits per heavy atom. The minimum absolute atomic E-state index is 0.0885. The highest BCUT2D eigenvalue weighted by Crippen LogP contribution is 2.19. The predicted octanol–water partition coefficient (Wildman–Crippen LogP) is 1.33. The number of ether oxygens (including phenoxy) is 1. The molecule has 0 aliphatic carbocycles. The van der Waals surface area contributed by atoms with Crippen molar-refractivity contribution < 1.29 is 14.3 Å². The topological polar surface area (TPSA) is 67.4 Å². The lowest BCUT2D eigenvalue weighted by molar-refractivity contribution is -0.116. The summed E-state index contributed by atoms with van der Waals surface area (Å²) in [4.78, 5) is 23.1. The van der Waals surface area contributed by atoms with E-state index in [9.17, 15) is 9.59 Å². The standard InChI is InChI=1S/C13H18N2O3/c1-9-10(13(17)18-3)5-4-6-11(9)15-12(16)7-8-14-2/h4-6,14H,7-8H2,1-3H3,(H,15,16). The van der Waals surface area contributed by atoms with E-state index in [0.29, 0.717) is 29.8 Å². The Labute approximate surface area is 107 Å². The number of amides is 1. The lowest BCUT2D eigenvalue weighted by Gasteiger charge is -2.11. The maximum atomic E-state index is 11.6. The number of methoxy groups -OCH3 is 1. The van der Waals surface area contributed by atoms with Crippen molar-refractivity contribution in [1.29, 1.82) is 0 Å². The largest absolute Gasteiger partial charge is 0.465 e. The summed E-state index contributed by atoms with van der Waals surface area (Å²) in [5.41, 5.74) is 1.81. The van der Waals surface area contributed by atoms with Gasteiger partial charge in [-0.05, 0) is 31.7 Å². The first-order chi connectivity index (χ1) is 8.60. The molecule has 1 rings (SSSR count). The number of carbonyl (C=O) groups excluding carboxylic acids is 2. The van der Waals surface area contributed by atoms with Gasteiger partial charge in [0.25, 0.3) is 0 Å². The Kier molecular flexibility index (Phi) is 5.32. The van der Waals surface area contributed by atoms with Gasteiger partial charge in [-0.15, -0.1) is 0 Å². The molecule has 0 bridgehead atoms. The normalized spacial score (nSPS) is 9.94. The first-order valence-corrected chi connectivity index (χ1v) is 5.72. The van der Waals surface area contributed by atoms with E-state index in [-0.39, 0.29) is 5.91 Å². The van der Waals surface area contributed by atoms with Crippen molar-refractivity contribution in [2.24, 2.45) is 0 Å². The Hall–Kier alpha value is -1.88. The summed E-state index contributed by atoms with van der Waals surface area (Å²) in [7, 11) is 3.12. The second kappa shape index (κ2) is 6.76. The molecule has 0 fully saturated rings. The molecular formula is C13H18N2O3. The molecule has 0 heterocycles. The smallest absolute Gasteiger partial charge is 0.338 e. The van der Waals surface area contributed by atoms with E-state index in [1.54, 1.807) is 32.2 Å². The number of nitrogens with one attached hydrogen (secondary N) is 2. The molecule has 1 amide bonds. The first-order valence-electron chi connectivity index (χ1n) is 5.72. The van der Waals surface area contributed by atoms with Crippen molar-refractivity contribution in [3.8, 4) is 0 Å². The molecule has 0 aromatic heterocycles. The van der Waals surface area contributed by atoms with Crippen LogP contribution in [0.25, 0.3) is 0 Å². The summed E-state index contributed by atoms with van der Waals surface area (Å²) < 4.78 is 4.68. The SMILES string of the molecule is CNCCC(=O)Nc1cccc(C(=O)OC)c1C. The van der Waals surface area contributed by atoms with Crippen LogP contribution in [0, 0.1) is 6.92 Å². The van der Waals surface area contributed by atoms with Crippen LogP contribution < -0.4 is 10.6 Å². The van der Waals surface area contributed by atoms with Crippen LogP contribution in [0.3, 0.4) is 0 Å². The van der Waals surface area contributed by atoms with Gasteiger partial charge in [0.2, 0.25) is 5.91 Å². The van der Waals surface area contributed by atoms with E-state index in [1.165, 1.54) is 7.11 Å². The van der Waals surface area contributed by atoms with Crippen LogP contribution in [0.15, 0.2) is 18.2 Å². The van der Waals surface area contributed by atoms with Crippen LogP contribution >= 0.6 is 0 Å². The molecule has 18 heavy (non-hydrogen) atoms. The average Bonchev–Trinajstić information content (AvgIpc) is 2.38. The monoisotopic (exact) mass is 250 g/mol. The summed E-state index contributed by atoms with van der Waals surface area (Å²) in [5, 5.41) is 5.68. The van der Waals surface area contributed by atoms with Gasteiger partial charge < -0.3 is 15.4 Å². The fourth-order valence-electron chi connectivity index (χ4n) is 1.55. The van der Waals surface area contributed by atoms with Crippen molar-refractivity contribution >= 4 is 17.6 Å². The highest BCUT2D eigenvalue weighted by molar-refractivity contribution is 5.96. The number of esters is 1. The summed E-state index contributed by atoms with van der Waals surface area (Å²) >= 11 is 0. The van der Waals surface area contributed by atoms with Crippen LogP contribution in [-0.4, -0.2) is 32.6 Å². The molecule has 0 aliphatic heterocycles. The fraction of sp³-hybridized carbons (Fsp3) is 0.385. The molecule has 0 aliphatic rings. The zero-order valence-electron chi connectivity index (χ0n) is 10.9. The maximum absolute atomic E-state index is 11.6. The van der Waals surface area contributed by atoms with E-state index in [2.05, 4.69) is 15.4 Å². The summed E-state index contributed by atoms with van der Waals surface area (Å²) in [6.45, 7) is 2.39. The van der Waals surface area contributed by atoms with Gasteiger partial charge in [0, 0.05) is 18.7 Å². The number of anilines is 1. The zero-order valence-corrected chi connectivity index (χ0v) is 10.9. The second-order valence-corrected chi connectivity index (χ2v) is 3.87. The zero-order chi connectivity index (χ0) is 13.5. The summed E-state index contributed by atoms with van der Waals surface area (Å²) in [6, 6.07) is 5.15. The van der Waals surface area contributed by atoms with Gasteiger partial charge in [0.15, 0.2) is 0 Å². The van der Waals surface area contributed by atoms with Gasteiger partial charge in [-0.2, -0.15) is 0 Å². The highest BCUT2D eigenvalue weighted by atomic mass is 16.5. The lowest BCUT2D eigenvalue weighted by Crippen LogP contribution is -2.19. The van der Waals surface area contributed by atoms with Crippen LogP contribution in [0.1, 0.15) is 22.3 Å². The number of hydrogen-bond donors (Lipinski definition) is 2. The van der Waals surface area contributed by atoms with E-state index in [4.69, 9.17) is 0 Å². The molecule has 0 radical (unpaired) electrons. The Morgan fingerprint density at radius 2 is 2.06 bits per heavy atom. The Bertz CT molecular complexity index is 444. The highest BCUT2D eigenvalue weighted by Gasteiger charge is 2.12. The third-order valence-electron chi connectivity index (χ3n) is 2.62. The number of carbonyl (C=O) groups is 2. The Balaban J connectivity index is 2.84. The van der Waals surface area contributed by atoms with Crippen LogP contribution in [-0.2, 0) is 9.53 Å². The van der Waals surface area contributed by atoms with Crippen LogP contribution in [0.2, 0.25) is 0 Å². The van der Waals surface area contributed by atoms with Crippen molar-refractivity contribution in [2.45, 2.75) is 13.3 Å². The van der Waals surface area contributed by atoms with E-state index in [1.807, 2.05) is 0 Å². The molecule has 1 aromatic rings. The van der Waals surface area contributed by atoms with Gasteiger partial charge in [0.1, 0.15) is 0 Å². The molecule has 98 valence electrons. The molecule has 0 atom stereocenters. The molecule has 1 aromatic carbocycles. The van der Waals surface area contributed by atoms with Gasteiger partial charge in [-0.25, -0.2) is 4.79 Å². The molecule has 0 saturated heterocycles. The summed E-state index contributed by atoms with van der Waals surface area (Å²) in [6.07, 6.45) is 0.387. The molecule has 0 saturated carbocycles. The molecule has 0 spiro atoms. The third kappa shape index (κ3) is 3.56. The van der Waals surface area contributed by atoms with Crippen molar-refractivity contribution in [3.63, 3.8) is 0 Å². The van der Waals surface area contributed by atoms with Crippen LogP contribution in [0.4, 0.5) is 5.69 Å². The third-order valence-corrected chi connectivity index (χ3v) is 2.62. The molecule has 5 heteroatoms. The number of rotatable bonds is 5. The van der Waals surface area contributed by atoms with Crippen molar-refractivity contribution in [1.82, 2.24) is 5.32 Å². The fourth-order valence-corrected chi connectivity index (χ4v) is 1.55. The van der Waals surface area contributed by atoms with Gasteiger partial charge >= 0.3 is 5.97 Å². The second-order valence-electron chi connectivity index (χ2n) is 3.87. The molecule has 5 nitrogen and oxygen atoms in total. The number of benzene rings is 1. The van der Waals surface area contributed by atoms with Crippen molar-refractivity contribution in [3.05, 3.63) is 29.3 Å². The van der Waals surface area contributed by atoms with Crippen LogP contribution in [0.5, 0.6) is 0 Å².